The molecule has 0 spiro atoms. The van der Waals surface area contributed by atoms with Gasteiger partial charge in [0.15, 0.2) is 5.82 Å². The van der Waals surface area contributed by atoms with Crippen LogP contribution < -0.4 is 10.2 Å². The van der Waals surface area contributed by atoms with Crippen molar-refractivity contribution in [3.8, 4) is 22.5 Å². The first-order valence-electron chi connectivity index (χ1n) is 20.2. The highest BCUT2D eigenvalue weighted by Gasteiger charge is 2.31. The van der Waals surface area contributed by atoms with Crippen LogP contribution in [-0.4, -0.2) is 16.2 Å². The van der Waals surface area contributed by atoms with Gasteiger partial charge in [0, 0.05) is 57.6 Å². The van der Waals surface area contributed by atoms with Gasteiger partial charge < -0.3 is 15.6 Å². The molecule has 0 radical (unpaired) electrons. The molecular formula is C53H45N5. The fourth-order valence-electron chi connectivity index (χ4n) is 8.18. The summed E-state index contributed by atoms with van der Waals surface area (Å²) in [5, 5.41) is 12.4. The maximum absolute atomic E-state index is 8.82. The second-order valence-electron chi connectivity index (χ2n) is 14.7. The van der Waals surface area contributed by atoms with Crippen molar-refractivity contribution in [2.45, 2.75) is 39.5 Å². The van der Waals surface area contributed by atoms with E-state index in [1.807, 2.05) is 24.3 Å². The Labute approximate surface area is 341 Å². The van der Waals surface area contributed by atoms with Crippen molar-refractivity contribution in [2.75, 3.05) is 10.2 Å². The minimum Gasteiger partial charge on any atom is -0.355 e. The number of nitrogens with one attached hydrogen (secondary N) is 2. The van der Waals surface area contributed by atoms with E-state index >= 15 is 0 Å². The van der Waals surface area contributed by atoms with E-state index in [0.717, 1.165) is 93.5 Å². The van der Waals surface area contributed by atoms with Gasteiger partial charge in [-0.15, -0.1) is 0 Å². The zero-order valence-corrected chi connectivity index (χ0v) is 32.9. The third-order valence-corrected chi connectivity index (χ3v) is 11.0. The van der Waals surface area contributed by atoms with E-state index < -0.39 is 0 Å². The summed E-state index contributed by atoms with van der Waals surface area (Å²) in [6.07, 6.45) is 25.0. The summed E-state index contributed by atoms with van der Waals surface area (Å²) in [4.78, 5) is 12.6. The molecule has 2 N–H and O–H groups in total. The fraction of sp³-hybridized carbons (Fsp3) is 0.113. The van der Waals surface area contributed by atoms with Crippen molar-refractivity contribution >= 4 is 64.4 Å². The van der Waals surface area contributed by atoms with Gasteiger partial charge >= 0.3 is 0 Å². The Morgan fingerprint density at radius 1 is 0.759 bits per heavy atom. The number of nitrogens with zero attached hydrogens (tertiary/aromatic N) is 3. The van der Waals surface area contributed by atoms with Crippen LogP contribution in [0, 0.1) is 5.41 Å². The lowest BCUT2D eigenvalue weighted by atomic mass is 9.87. The van der Waals surface area contributed by atoms with Gasteiger partial charge in [-0.1, -0.05) is 129 Å². The van der Waals surface area contributed by atoms with Crippen LogP contribution in [0.15, 0.2) is 151 Å². The minimum atomic E-state index is 0.724. The molecule has 2 aliphatic carbocycles. The molecule has 6 aromatic rings. The number of allylic oxidation sites excluding steroid dienone is 7. The maximum atomic E-state index is 8.82. The van der Waals surface area contributed by atoms with Crippen LogP contribution in [-0.2, 0) is 0 Å². The van der Waals surface area contributed by atoms with Gasteiger partial charge in [-0.3, -0.25) is 0 Å². The smallest absolute Gasteiger partial charge is 0.156 e. The molecule has 5 aromatic carbocycles. The van der Waals surface area contributed by atoms with E-state index in [9.17, 15) is 0 Å². The monoisotopic (exact) mass is 751 g/mol. The van der Waals surface area contributed by atoms with Gasteiger partial charge in [-0.05, 0) is 107 Å². The van der Waals surface area contributed by atoms with Crippen molar-refractivity contribution in [1.82, 2.24) is 9.97 Å². The maximum Gasteiger partial charge on any atom is 0.156 e. The van der Waals surface area contributed by atoms with E-state index in [1.165, 1.54) is 39.7 Å². The SMILES string of the molecule is CC/C=C\C=C(/CC)c1nc(-c2ccccc2)cc(-c2ccc(N3C4=Cc5ccc6c(c5C=C(C4)c4c3ccc(Nc3ccccc3)c4C=N)C=CCC=C6)cc2)n1. The zero-order chi connectivity index (χ0) is 39.4. The highest BCUT2D eigenvalue weighted by molar-refractivity contribution is 6.07. The summed E-state index contributed by atoms with van der Waals surface area (Å²) in [6.45, 7) is 4.30. The summed E-state index contributed by atoms with van der Waals surface area (Å²) < 4.78 is 0. The van der Waals surface area contributed by atoms with Crippen LogP contribution in [0.3, 0.4) is 0 Å². The Hall–Kier alpha value is -7.11. The molecule has 0 atom stereocenters. The quantitative estimate of drug-likeness (QED) is 0.108. The van der Waals surface area contributed by atoms with E-state index in [-0.39, 0.29) is 0 Å². The van der Waals surface area contributed by atoms with Gasteiger partial charge in [-0.2, -0.15) is 0 Å². The summed E-state index contributed by atoms with van der Waals surface area (Å²) >= 11 is 0. The molecule has 3 aliphatic rings. The number of rotatable bonds is 10. The Morgan fingerprint density at radius 2 is 1.48 bits per heavy atom. The Kier molecular flexibility index (Phi) is 10.2. The van der Waals surface area contributed by atoms with Crippen LogP contribution in [0.2, 0.25) is 0 Å². The molecule has 2 bridgehead atoms. The van der Waals surface area contributed by atoms with Gasteiger partial charge in [0.1, 0.15) is 0 Å². The molecule has 2 heterocycles. The Morgan fingerprint density at radius 3 is 2.22 bits per heavy atom. The molecule has 0 saturated carbocycles. The first kappa shape index (κ1) is 36.5. The summed E-state index contributed by atoms with van der Waals surface area (Å²) in [5.74, 6) is 0.748. The highest BCUT2D eigenvalue weighted by Crippen LogP contribution is 2.50. The van der Waals surface area contributed by atoms with E-state index in [0.29, 0.717) is 0 Å². The van der Waals surface area contributed by atoms with Gasteiger partial charge in [0.2, 0.25) is 0 Å². The van der Waals surface area contributed by atoms with Crippen molar-refractivity contribution in [1.29, 1.82) is 5.41 Å². The number of aromatic nitrogens is 2. The molecule has 0 saturated heterocycles. The third-order valence-electron chi connectivity index (χ3n) is 11.0. The van der Waals surface area contributed by atoms with Crippen molar-refractivity contribution in [2.24, 2.45) is 0 Å². The lowest BCUT2D eigenvalue weighted by Gasteiger charge is -2.36. The molecule has 0 fully saturated rings. The molecule has 0 unspecified atom stereocenters. The number of anilines is 4. The molecule has 5 nitrogen and oxygen atoms in total. The predicted octanol–water partition coefficient (Wildman–Crippen LogP) is 14.2. The number of hydrogen-bond acceptors (Lipinski definition) is 5. The van der Waals surface area contributed by atoms with Crippen LogP contribution in [0.5, 0.6) is 0 Å². The Balaban J connectivity index is 1.19. The average molecular weight is 752 g/mol. The molecule has 0 amide bonds. The first-order chi connectivity index (χ1) is 28.6. The average Bonchev–Trinajstić information content (AvgIpc) is 3.61. The number of benzene rings is 5. The molecule has 282 valence electrons. The topological polar surface area (TPSA) is 64.9 Å². The van der Waals surface area contributed by atoms with Gasteiger partial charge in [0.25, 0.3) is 0 Å². The van der Waals surface area contributed by atoms with Crippen LogP contribution in [0.25, 0.3) is 58.0 Å². The number of para-hydroxylation sites is 1. The summed E-state index contributed by atoms with van der Waals surface area (Å²) in [7, 11) is 0. The molecule has 5 heteroatoms. The normalized spacial score (nSPS) is 14.2. The van der Waals surface area contributed by atoms with Crippen molar-refractivity contribution < 1.29 is 0 Å². The van der Waals surface area contributed by atoms with E-state index in [4.69, 9.17) is 15.4 Å². The number of fused-ring (bicyclic) bond motifs is 7. The molecule has 9 rings (SSSR count). The van der Waals surface area contributed by atoms with Crippen molar-refractivity contribution in [3.63, 3.8) is 0 Å². The molecular weight excluding hydrogens is 707 g/mol. The van der Waals surface area contributed by atoms with Crippen LogP contribution in [0.4, 0.5) is 22.7 Å². The first-order valence-corrected chi connectivity index (χ1v) is 20.2. The van der Waals surface area contributed by atoms with Crippen LogP contribution >= 0.6 is 0 Å². The fourth-order valence-corrected chi connectivity index (χ4v) is 8.18. The standard InChI is InChI=1S/C53H45N5/c1-3-5-9-16-36(4-2)53-56-49(38-18-11-6-12-19-38)34-50(57-53)39-25-27-43(28-26-39)58-44-31-40-24-23-37-17-10-7-15-22-45(37)46(40)33-41(32-44)52-47(35-54)48(29-30-51(52)58)55-42-20-13-8-14-21-42/h5-6,8-31,33-35,54-55H,3-4,7,32H2,1-2H3/b9-5-,36-16+,54-35?. The van der Waals surface area contributed by atoms with E-state index in [2.05, 4.69) is 170 Å². The van der Waals surface area contributed by atoms with Crippen LogP contribution in [0.1, 0.15) is 78.7 Å². The van der Waals surface area contributed by atoms with Gasteiger partial charge in [0.05, 0.1) is 17.1 Å². The third kappa shape index (κ3) is 7.08. The number of hydrogen-bond donors (Lipinski definition) is 2. The highest BCUT2D eigenvalue weighted by atomic mass is 15.2. The Bertz CT molecular complexity index is 2710. The lowest BCUT2D eigenvalue weighted by Crippen LogP contribution is -2.23. The van der Waals surface area contributed by atoms with Gasteiger partial charge in [-0.25, -0.2) is 9.97 Å². The molecule has 1 aromatic heterocycles. The predicted molar refractivity (Wildman–Crippen MR) is 246 cm³/mol. The second-order valence-corrected chi connectivity index (χ2v) is 14.7. The zero-order valence-electron chi connectivity index (χ0n) is 32.9. The van der Waals surface area contributed by atoms with Crippen molar-refractivity contribution in [3.05, 3.63) is 191 Å². The minimum absolute atomic E-state index is 0.724. The largest absolute Gasteiger partial charge is 0.355 e. The molecule has 1 aliphatic heterocycles. The summed E-state index contributed by atoms with van der Waals surface area (Å²) in [6, 6.07) is 40.2. The second kappa shape index (κ2) is 16.2. The lowest BCUT2D eigenvalue weighted by molar-refractivity contribution is 1.07. The molecule has 58 heavy (non-hydrogen) atoms. The van der Waals surface area contributed by atoms with E-state index in [1.54, 1.807) is 0 Å². The summed E-state index contributed by atoms with van der Waals surface area (Å²) in [5.41, 5.74) is 18.1.